The smallest absolute Gasteiger partial charge is 0.237 e. The molecule has 3 nitrogen and oxygen atoms in total. The highest BCUT2D eigenvalue weighted by Crippen LogP contribution is 2.28. The second kappa shape index (κ2) is 6.55. The van der Waals surface area contributed by atoms with Crippen molar-refractivity contribution in [3.63, 3.8) is 0 Å². The van der Waals surface area contributed by atoms with Crippen LogP contribution >= 0.6 is 0 Å². The Hall–Kier alpha value is -1.35. The van der Waals surface area contributed by atoms with Crippen LogP contribution in [-0.2, 0) is 11.2 Å². The SMILES string of the molecule is N[C@@H](Cc1ccccc1)C(=O)NCCC1CCC1. The van der Waals surface area contributed by atoms with Crippen LogP contribution in [0.5, 0.6) is 0 Å². The van der Waals surface area contributed by atoms with Crippen molar-refractivity contribution in [1.29, 1.82) is 0 Å². The molecule has 0 unspecified atom stereocenters. The van der Waals surface area contributed by atoms with Crippen LogP contribution in [0.2, 0.25) is 0 Å². The maximum absolute atomic E-state index is 11.8. The quantitative estimate of drug-likeness (QED) is 0.805. The Morgan fingerprint density at radius 1 is 1.33 bits per heavy atom. The summed E-state index contributed by atoms with van der Waals surface area (Å²) >= 11 is 0. The van der Waals surface area contributed by atoms with Crippen molar-refractivity contribution in [2.45, 2.75) is 38.1 Å². The van der Waals surface area contributed by atoms with E-state index in [1.165, 1.54) is 19.3 Å². The third-order valence-corrected chi connectivity index (χ3v) is 3.71. The molecular formula is C15H22N2O. The number of benzene rings is 1. The van der Waals surface area contributed by atoms with E-state index in [2.05, 4.69) is 5.32 Å². The van der Waals surface area contributed by atoms with Gasteiger partial charge in [0.1, 0.15) is 0 Å². The minimum Gasteiger partial charge on any atom is -0.355 e. The van der Waals surface area contributed by atoms with Crippen molar-refractivity contribution in [2.24, 2.45) is 11.7 Å². The van der Waals surface area contributed by atoms with Gasteiger partial charge in [-0.3, -0.25) is 4.79 Å². The monoisotopic (exact) mass is 246 g/mol. The van der Waals surface area contributed by atoms with E-state index >= 15 is 0 Å². The number of nitrogens with two attached hydrogens (primary N) is 1. The Balaban J connectivity index is 1.67. The van der Waals surface area contributed by atoms with Crippen LogP contribution in [0.1, 0.15) is 31.2 Å². The van der Waals surface area contributed by atoms with E-state index in [1.54, 1.807) is 0 Å². The van der Waals surface area contributed by atoms with E-state index in [9.17, 15) is 4.79 Å². The van der Waals surface area contributed by atoms with Gasteiger partial charge in [0.25, 0.3) is 0 Å². The lowest BCUT2D eigenvalue weighted by Gasteiger charge is -2.25. The number of carbonyl (C=O) groups is 1. The molecule has 1 saturated carbocycles. The molecule has 0 aromatic heterocycles. The molecular weight excluding hydrogens is 224 g/mol. The van der Waals surface area contributed by atoms with Crippen LogP contribution in [0.15, 0.2) is 30.3 Å². The standard InChI is InChI=1S/C15H22N2O/c16-14(11-13-5-2-1-3-6-13)15(18)17-10-9-12-7-4-8-12/h1-3,5-6,12,14H,4,7-11,16H2,(H,17,18)/t14-/m0/s1. The lowest BCUT2D eigenvalue weighted by Crippen LogP contribution is -2.42. The summed E-state index contributed by atoms with van der Waals surface area (Å²) in [7, 11) is 0. The normalized spacial score (nSPS) is 16.9. The summed E-state index contributed by atoms with van der Waals surface area (Å²) in [5.74, 6) is 0.800. The maximum Gasteiger partial charge on any atom is 0.237 e. The van der Waals surface area contributed by atoms with Gasteiger partial charge in [0.15, 0.2) is 0 Å². The second-order valence-corrected chi connectivity index (χ2v) is 5.17. The number of rotatable bonds is 6. The van der Waals surface area contributed by atoms with E-state index in [0.717, 1.165) is 24.4 Å². The molecule has 0 spiro atoms. The number of hydrogen-bond donors (Lipinski definition) is 2. The van der Waals surface area contributed by atoms with Gasteiger partial charge in [-0.1, -0.05) is 49.6 Å². The number of hydrogen-bond acceptors (Lipinski definition) is 2. The van der Waals surface area contributed by atoms with Crippen molar-refractivity contribution >= 4 is 5.91 Å². The van der Waals surface area contributed by atoms with Crippen LogP contribution in [0.25, 0.3) is 0 Å². The Morgan fingerprint density at radius 3 is 2.67 bits per heavy atom. The van der Waals surface area contributed by atoms with Crippen molar-refractivity contribution in [1.82, 2.24) is 5.32 Å². The van der Waals surface area contributed by atoms with Gasteiger partial charge in [-0.25, -0.2) is 0 Å². The molecule has 0 aliphatic heterocycles. The first-order valence-corrected chi connectivity index (χ1v) is 6.83. The fourth-order valence-electron chi connectivity index (χ4n) is 2.27. The van der Waals surface area contributed by atoms with Gasteiger partial charge < -0.3 is 11.1 Å². The third kappa shape index (κ3) is 3.84. The molecule has 0 saturated heterocycles. The maximum atomic E-state index is 11.8. The van der Waals surface area contributed by atoms with Gasteiger partial charge in [-0.2, -0.15) is 0 Å². The second-order valence-electron chi connectivity index (χ2n) is 5.17. The van der Waals surface area contributed by atoms with Crippen LogP contribution < -0.4 is 11.1 Å². The minimum absolute atomic E-state index is 0.0295. The molecule has 1 aromatic rings. The molecule has 1 amide bonds. The van der Waals surface area contributed by atoms with Crippen LogP contribution in [-0.4, -0.2) is 18.5 Å². The Kier molecular flexibility index (Phi) is 4.76. The predicted octanol–water partition coefficient (Wildman–Crippen LogP) is 1.86. The van der Waals surface area contributed by atoms with Crippen LogP contribution in [0, 0.1) is 5.92 Å². The highest BCUT2D eigenvalue weighted by Gasteiger charge is 2.18. The molecule has 0 bridgehead atoms. The Labute approximate surface area is 109 Å². The Morgan fingerprint density at radius 2 is 2.06 bits per heavy atom. The molecule has 1 aliphatic rings. The summed E-state index contributed by atoms with van der Waals surface area (Å²) in [6, 6.07) is 9.47. The van der Waals surface area contributed by atoms with Gasteiger partial charge in [0.05, 0.1) is 6.04 Å². The first-order chi connectivity index (χ1) is 8.75. The minimum atomic E-state index is -0.436. The van der Waals surface area contributed by atoms with Crippen LogP contribution in [0.3, 0.4) is 0 Å². The summed E-state index contributed by atoms with van der Waals surface area (Å²) in [5, 5.41) is 2.94. The van der Waals surface area contributed by atoms with Crippen LogP contribution in [0.4, 0.5) is 0 Å². The third-order valence-electron chi connectivity index (χ3n) is 3.71. The average Bonchev–Trinajstić information content (AvgIpc) is 2.33. The molecule has 3 N–H and O–H groups in total. The highest BCUT2D eigenvalue weighted by molar-refractivity contribution is 5.81. The van der Waals surface area contributed by atoms with Crippen molar-refractivity contribution < 1.29 is 4.79 Å². The first kappa shape index (κ1) is 13.1. The summed E-state index contributed by atoms with van der Waals surface area (Å²) in [6.07, 6.45) is 5.71. The molecule has 1 aliphatic carbocycles. The fourth-order valence-corrected chi connectivity index (χ4v) is 2.27. The summed E-state index contributed by atoms with van der Waals surface area (Å²) < 4.78 is 0. The van der Waals surface area contributed by atoms with Crippen molar-refractivity contribution in [3.8, 4) is 0 Å². The molecule has 18 heavy (non-hydrogen) atoms. The molecule has 98 valence electrons. The lowest BCUT2D eigenvalue weighted by atomic mass is 9.83. The zero-order valence-electron chi connectivity index (χ0n) is 10.8. The summed E-state index contributed by atoms with van der Waals surface area (Å²) in [4.78, 5) is 11.8. The molecule has 2 rings (SSSR count). The Bertz CT molecular complexity index is 373. The molecule has 0 radical (unpaired) electrons. The zero-order valence-corrected chi connectivity index (χ0v) is 10.8. The van der Waals surface area contributed by atoms with E-state index in [0.29, 0.717) is 6.42 Å². The van der Waals surface area contributed by atoms with E-state index in [1.807, 2.05) is 30.3 Å². The average molecular weight is 246 g/mol. The zero-order chi connectivity index (χ0) is 12.8. The van der Waals surface area contributed by atoms with Gasteiger partial charge in [-0.15, -0.1) is 0 Å². The van der Waals surface area contributed by atoms with Gasteiger partial charge >= 0.3 is 0 Å². The molecule has 1 atom stereocenters. The molecule has 3 heteroatoms. The van der Waals surface area contributed by atoms with Crippen molar-refractivity contribution in [2.75, 3.05) is 6.54 Å². The predicted molar refractivity (Wildman–Crippen MR) is 73.1 cm³/mol. The van der Waals surface area contributed by atoms with E-state index < -0.39 is 6.04 Å². The van der Waals surface area contributed by atoms with E-state index in [4.69, 9.17) is 5.73 Å². The number of carbonyl (C=O) groups excluding carboxylic acids is 1. The van der Waals surface area contributed by atoms with Gasteiger partial charge in [0.2, 0.25) is 5.91 Å². The molecule has 0 heterocycles. The summed E-state index contributed by atoms with van der Waals surface area (Å²) in [5.41, 5.74) is 7.01. The lowest BCUT2D eigenvalue weighted by molar-refractivity contribution is -0.122. The van der Waals surface area contributed by atoms with Gasteiger partial charge in [-0.05, 0) is 24.3 Å². The van der Waals surface area contributed by atoms with Crippen molar-refractivity contribution in [3.05, 3.63) is 35.9 Å². The summed E-state index contributed by atoms with van der Waals surface area (Å²) in [6.45, 7) is 0.770. The number of nitrogens with one attached hydrogen (secondary N) is 1. The molecule has 1 aromatic carbocycles. The number of amides is 1. The topological polar surface area (TPSA) is 55.1 Å². The molecule has 1 fully saturated rings. The highest BCUT2D eigenvalue weighted by atomic mass is 16.2. The first-order valence-electron chi connectivity index (χ1n) is 6.83. The largest absolute Gasteiger partial charge is 0.355 e. The van der Waals surface area contributed by atoms with Gasteiger partial charge in [0, 0.05) is 6.54 Å². The van der Waals surface area contributed by atoms with E-state index in [-0.39, 0.29) is 5.91 Å². The fraction of sp³-hybridized carbons (Fsp3) is 0.533.